The van der Waals surface area contributed by atoms with Gasteiger partial charge in [0.1, 0.15) is 11.5 Å². The predicted molar refractivity (Wildman–Crippen MR) is 67.4 cm³/mol. The number of para-hydroxylation sites is 1. The maximum Gasteiger partial charge on any atom is 0.146 e. The van der Waals surface area contributed by atoms with Gasteiger partial charge in [-0.1, -0.05) is 29.8 Å². The molecule has 2 rings (SSSR count). The molecule has 0 aromatic heterocycles. The highest BCUT2D eigenvalue weighted by atomic mass is 35.5. The molecule has 4 heteroatoms. The third-order valence-electron chi connectivity index (χ3n) is 1.99. The summed E-state index contributed by atoms with van der Waals surface area (Å²) in [6, 6.07) is 14.6. The first-order chi connectivity index (χ1) is 7.79. The van der Waals surface area contributed by atoms with Crippen molar-refractivity contribution in [3.05, 3.63) is 53.6 Å². The summed E-state index contributed by atoms with van der Waals surface area (Å²) in [5, 5.41) is 0.495. The number of nitrogens with zero attached hydrogens (tertiary/aromatic N) is 1. The fourth-order valence-corrected chi connectivity index (χ4v) is 1.57. The zero-order valence-electron chi connectivity index (χ0n) is 8.26. The fourth-order valence-electron chi connectivity index (χ4n) is 1.24. The third kappa shape index (κ3) is 2.56. The van der Waals surface area contributed by atoms with Crippen LogP contribution in [0, 0.1) is 0 Å². The fraction of sp³-hybridized carbons (Fsp3) is 0. The summed E-state index contributed by atoms with van der Waals surface area (Å²) < 4.78 is 9.22. The van der Waals surface area contributed by atoms with Gasteiger partial charge in [-0.15, -0.1) is 0 Å². The lowest BCUT2D eigenvalue weighted by Gasteiger charge is -2.07. The maximum atomic E-state index is 6.03. The van der Waals surface area contributed by atoms with Gasteiger partial charge in [-0.05, 0) is 30.3 Å². The summed E-state index contributed by atoms with van der Waals surface area (Å²) in [6.07, 6.45) is 0. The summed E-state index contributed by atoms with van der Waals surface area (Å²) in [5.74, 6) is 1.34. The molecule has 2 nitrogen and oxygen atoms in total. The largest absolute Gasteiger partial charge is 0.456 e. The van der Waals surface area contributed by atoms with Gasteiger partial charge in [-0.25, -0.2) is 0 Å². The van der Waals surface area contributed by atoms with Crippen LogP contribution in [0.15, 0.2) is 52.9 Å². The Balaban J connectivity index is 2.25. The van der Waals surface area contributed by atoms with Crippen molar-refractivity contribution in [1.29, 1.82) is 0 Å². The molecule has 0 fully saturated rings. The van der Waals surface area contributed by atoms with Gasteiger partial charge in [0, 0.05) is 12.4 Å². The van der Waals surface area contributed by atoms with Crippen LogP contribution in [-0.4, -0.2) is 0 Å². The summed E-state index contributed by atoms with van der Waals surface area (Å²) in [5.41, 5.74) is 0.653. The minimum absolute atomic E-state index is 0.495. The number of rotatable bonds is 3. The number of ether oxygens (including phenoxy) is 1. The topological polar surface area (TPSA) is 21.6 Å². The molecule has 0 spiro atoms. The Morgan fingerprint density at radius 2 is 1.81 bits per heavy atom. The van der Waals surface area contributed by atoms with Crippen LogP contribution >= 0.6 is 11.6 Å². The van der Waals surface area contributed by atoms with Gasteiger partial charge in [0.25, 0.3) is 0 Å². The zero-order chi connectivity index (χ0) is 11.4. The Morgan fingerprint density at radius 1 is 1.06 bits per heavy atom. The van der Waals surface area contributed by atoms with E-state index in [1.807, 2.05) is 30.3 Å². The second kappa shape index (κ2) is 5.05. The van der Waals surface area contributed by atoms with E-state index in [0.717, 1.165) is 5.75 Å². The van der Waals surface area contributed by atoms with Crippen LogP contribution < -0.4 is 4.74 Å². The van der Waals surface area contributed by atoms with Crippen molar-refractivity contribution in [2.24, 2.45) is 4.36 Å². The van der Waals surface area contributed by atoms with E-state index in [1.165, 1.54) is 0 Å². The molecule has 0 unspecified atom stereocenters. The van der Waals surface area contributed by atoms with E-state index in [9.17, 15) is 0 Å². The average molecular weight is 250 g/mol. The highest BCUT2D eigenvalue weighted by molar-refractivity contribution is 7.47. The highest BCUT2D eigenvalue weighted by Gasteiger charge is 2.03. The molecule has 2 aromatic carbocycles. The molecule has 0 saturated carbocycles. The SMILES string of the molecule is S=Nc1ccc(Oc2ccccc2)c(Cl)c1. The summed E-state index contributed by atoms with van der Waals surface area (Å²) >= 11 is 10.6. The molecular formula is C12H8ClNOS. The van der Waals surface area contributed by atoms with Crippen molar-refractivity contribution in [3.63, 3.8) is 0 Å². The van der Waals surface area contributed by atoms with Crippen LogP contribution in [0.1, 0.15) is 0 Å². The van der Waals surface area contributed by atoms with Crippen molar-refractivity contribution in [2.75, 3.05) is 0 Å². The van der Waals surface area contributed by atoms with Gasteiger partial charge in [-0.3, -0.25) is 0 Å². The minimum atomic E-state index is 0.495. The molecule has 0 heterocycles. The molecule has 0 aliphatic carbocycles. The molecular weight excluding hydrogens is 242 g/mol. The predicted octanol–water partition coefficient (Wildman–Crippen LogP) is 4.49. The standard InChI is InChI=1S/C12H8ClNOS/c13-11-8-9(14-16)6-7-12(11)15-10-4-2-1-3-5-10/h1-8H. The molecule has 0 aliphatic rings. The van der Waals surface area contributed by atoms with Crippen LogP contribution in [0.5, 0.6) is 11.5 Å². The van der Waals surface area contributed by atoms with Crippen LogP contribution in [0.25, 0.3) is 0 Å². The molecule has 0 bridgehead atoms. The maximum absolute atomic E-state index is 6.03. The van der Waals surface area contributed by atoms with E-state index < -0.39 is 0 Å². The lowest BCUT2D eigenvalue weighted by Crippen LogP contribution is -1.84. The van der Waals surface area contributed by atoms with Gasteiger partial charge in [0.05, 0.1) is 10.7 Å². The summed E-state index contributed by atoms with van der Waals surface area (Å²) in [4.78, 5) is 0. The second-order valence-corrected chi connectivity index (χ2v) is 3.71. The van der Waals surface area contributed by atoms with Crippen molar-refractivity contribution in [2.45, 2.75) is 0 Å². The molecule has 0 atom stereocenters. The molecule has 0 aliphatic heterocycles. The van der Waals surface area contributed by atoms with Crippen LogP contribution in [0.2, 0.25) is 5.02 Å². The Bertz CT molecular complexity index is 502. The molecule has 16 heavy (non-hydrogen) atoms. The van der Waals surface area contributed by atoms with Gasteiger partial charge < -0.3 is 4.74 Å². The lowest BCUT2D eigenvalue weighted by atomic mass is 10.3. The molecule has 80 valence electrons. The number of halogens is 1. The van der Waals surface area contributed by atoms with E-state index in [1.54, 1.807) is 18.2 Å². The summed E-state index contributed by atoms with van der Waals surface area (Å²) in [6.45, 7) is 0. The monoisotopic (exact) mass is 249 g/mol. The third-order valence-corrected chi connectivity index (χ3v) is 2.50. The lowest BCUT2D eigenvalue weighted by molar-refractivity contribution is 0.483. The van der Waals surface area contributed by atoms with E-state index >= 15 is 0 Å². The second-order valence-electron chi connectivity index (χ2n) is 3.12. The number of hydrogen-bond donors (Lipinski definition) is 0. The smallest absolute Gasteiger partial charge is 0.146 e. The summed E-state index contributed by atoms with van der Waals surface area (Å²) in [7, 11) is 0. The first-order valence-corrected chi connectivity index (χ1v) is 5.40. The quantitative estimate of drug-likeness (QED) is 0.799. The normalized spacial score (nSPS) is 9.81. The van der Waals surface area contributed by atoms with Crippen molar-refractivity contribution in [3.8, 4) is 11.5 Å². The van der Waals surface area contributed by atoms with Gasteiger partial charge in [-0.2, -0.15) is 4.36 Å². The van der Waals surface area contributed by atoms with Gasteiger partial charge >= 0.3 is 0 Å². The Labute approximate surface area is 104 Å². The Kier molecular flexibility index (Phi) is 3.49. The van der Waals surface area contributed by atoms with E-state index in [2.05, 4.69) is 16.8 Å². The van der Waals surface area contributed by atoms with Crippen LogP contribution in [0.4, 0.5) is 5.69 Å². The van der Waals surface area contributed by atoms with Crippen molar-refractivity contribution < 1.29 is 4.74 Å². The Hall–Kier alpha value is -1.45. The van der Waals surface area contributed by atoms with Crippen molar-refractivity contribution in [1.82, 2.24) is 0 Å². The zero-order valence-corrected chi connectivity index (χ0v) is 9.83. The van der Waals surface area contributed by atoms with Crippen LogP contribution in [0.3, 0.4) is 0 Å². The van der Waals surface area contributed by atoms with E-state index in [-0.39, 0.29) is 0 Å². The highest BCUT2D eigenvalue weighted by Crippen LogP contribution is 2.32. The molecule has 2 aromatic rings. The van der Waals surface area contributed by atoms with E-state index in [0.29, 0.717) is 16.5 Å². The minimum Gasteiger partial charge on any atom is -0.456 e. The van der Waals surface area contributed by atoms with Gasteiger partial charge in [0.15, 0.2) is 0 Å². The first kappa shape index (κ1) is 11.0. The molecule has 0 saturated heterocycles. The van der Waals surface area contributed by atoms with Crippen LogP contribution in [-0.2, 0) is 12.4 Å². The number of benzene rings is 2. The Morgan fingerprint density at radius 3 is 2.44 bits per heavy atom. The van der Waals surface area contributed by atoms with Gasteiger partial charge in [0.2, 0.25) is 0 Å². The molecule has 0 radical (unpaired) electrons. The average Bonchev–Trinajstić information content (AvgIpc) is 2.33. The van der Waals surface area contributed by atoms with E-state index in [4.69, 9.17) is 16.3 Å². The van der Waals surface area contributed by atoms with Crippen molar-refractivity contribution >= 4 is 29.7 Å². The molecule has 0 N–H and O–H groups in total. The first-order valence-electron chi connectivity index (χ1n) is 4.65. The molecule has 0 amide bonds. The number of hydrogen-bond acceptors (Lipinski definition) is 3.